The quantitative estimate of drug-likeness (QED) is 0.753. The van der Waals surface area contributed by atoms with E-state index in [0.717, 1.165) is 47.2 Å². The minimum atomic E-state index is -0.295. The van der Waals surface area contributed by atoms with Crippen molar-refractivity contribution in [2.75, 3.05) is 18.5 Å². The molecule has 1 fully saturated rings. The monoisotopic (exact) mass is 404 g/mol. The van der Waals surface area contributed by atoms with Crippen LogP contribution in [0.1, 0.15) is 41.8 Å². The smallest absolute Gasteiger partial charge is 0.262 e. The van der Waals surface area contributed by atoms with Gasteiger partial charge < -0.3 is 20.1 Å². The van der Waals surface area contributed by atoms with E-state index in [2.05, 4.69) is 29.7 Å². The van der Waals surface area contributed by atoms with Gasteiger partial charge in [-0.1, -0.05) is 17.7 Å². The van der Waals surface area contributed by atoms with Crippen molar-refractivity contribution in [1.82, 2.24) is 5.32 Å². The minimum Gasteiger partial charge on any atom is -0.482 e. The van der Waals surface area contributed by atoms with E-state index in [-0.39, 0.29) is 24.2 Å². The Morgan fingerprint density at radius 1 is 1.30 bits per heavy atom. The first kappa shape index (κ1) is 17.5. The van der Waals surface area contributed by atoms with Crippen LogP contribution < -0.4 is 15.4 Å². The molecule has 27 heavy (non-hydrogen) atoms. The number of amides is 1. The average Bonchev–Trinajstić information content (AvgIpc) is 3.03. The lowest BCUT2D eigenvalue weighted by Crippen LogP contribution is -2.49. The molecule has 5 rings (SSSR count). The molecular weight excluding hydrogens is 384 g/mol. The van der Waals surface area contributed by atoms with E-state index < -0.39 is 0 Å². The van der Waals surface area contributed by atoms with Crippen LogP contribution in [-0.4, -0.2) is 25.2 Å². The standard InChI is InChI=1S/C20H21ClN2O3S/c1-11-8-20(19-13(4-5-26-20)7-17(21)27-19)9-15(22-11)12-2-3-16-14(6-12)23-18(24)10-25-16/h2-3,6-7,11,15,22H,4-5,8-10H2,1H3,(H,23,24). The summed E-state index contributed by atoms with van der Waals surface area (Å²) in [6.45, 7) is 3.00. The molecule has 3 aliphatic heterocycles. The minimum absolute atomic E-state index is 0.0733. The predicted octanol–water partition coefficient (Wildman–Crippen LogP) is 4.01. The van der Waals surface area contributed by atoms with Crippen molar-refractivity contribution >= 4 is 34.5 Å². The Balaban J connectivity index is 1.50. The van der Waals surface area contributed by atoms with Gasteiger partial charge in [-0.05, 0) is 49.1 Å². The lowest BCUT2D eigenvalue weighted by Gasteiger charge is -2.46. The van der Waals surface area contributed by atoms with Crippen LogP contribution in [0, 0.1) is 0 Å². The van der Waals surface area contributed by atoms with Crippen molar-refractivity contribution in [3.05, 3.63) is 44.6 Å². The Morgan fingerprint density at radius 2 is 2.19 bits per heavy atom. The summed E-state index contributed by atoms with van der Waals surface area (Å²) in [7, 11) is 0. The Kier molecular flexibility index (Phi) is 4.20. The van der Waals surface area contributed by atoms with E-state index in [1.54, 1.807) is 11.3 Å². The summed E-state index contributed by atoms with van der Waals surface area (Å²) < 4.78 is 12.7. The van der Waals surface area contributed by atoms with E-state index in [1.807, 2.05) is 12.1 Å². The van der Waals surface area contributed by atoms with Crippen LogP contribution in [0.25, 0.3) is 0 Å². The van der Waals surface area contributed by atoms with Gasteiger partial charge in [-0.2, -0.15) is 0 Å². The molecule has 7 heteroatoms. The summed E-state index contributed by atoms with van der Waals surface area (Å²) in [4.78, 5) is 12.9. The number of carbonyl (C=O) groups is 1. The highest BCUT2D eigenvalue weighted by atomic mass is 35.5. The number of thiophene rings is 1. The number of fused-ring (bicyclic) bond motifs is 3. The molecular formula is C20H21ClN2O3S. The Morgan fingerprint density at radius 3 is 3.07 bits per heavy atom. The highest BCUT2D eigenvalue weighted by Gasteiger charge is 2.46. The first-order valence-corrected chi connectivity index (χ1v) is 10.5. The maximum Gasteiger partial charge on any atom is 0.262 e. The summed E-state index contributed by atoms with van der Waals surface area (Å²) in [5.74, 6) is 0.604. The summed E-state index contributed by atoms with van der Waals surface area (Å²) in [6, 6.07) is 8.56. The van der Waals surface area contributed by atoms with E-state index >= 15 is 0 Å². The highest BCUT2D eigenvalue weighted by Crippen LogP contribution is 2.50. The van der Waals surface area contributed by atoms with Gasteiger partial charge in [0.2, 0.25) is 0 Å². The maximum atomic E-state index is 11.7. The van der Waals surface area contributed by atoms with Gasteiger partial charge in [-0.25, -0.2) is 0 Å². The van der Waals surface area contributed by atoms with E-state index in [4.69, 9.17) is 21.1 Å². The van der Waals surface area contributed by atoms with Crippen LogP contribution in [0.15, 0.2) is 24.3 Å². The molecule has 0 bridgehead atoms. The number of carbonyl (C=O) groups excluding carboxylic acids is 1. The lowest BCUT2D eigenvalue weighted by atomic mass is 9.78. The molecule has 5 nitrogen and oxygen atoms in total. The van der Waals surface area contributed by atoms with Crippen LogP contribution in [0.3, 0.4) is 0 Å². The van der Waals surface area contributed by atoms with Gasteiger partial charge in [-0.3, -0.25) is 4.79 Å². The molecule has 142 valence electrons. The third-order valence-electron chi connectivity index (χ3n) is 5.64. The normalized spacial score (nSPS) is 29.6. The molecule has 0 saturated carbocycles. The second-order valence-electron chi connectivity index (χ2n) is 7.62. The fourth-order valence-electron chi connectivity index (χ4n) is 4.59. The summed E-state index contributed by atoms with van der Waals surface area (Å²) in [5, 5.41) is 6.60. The number of rotatable bonds is 1. The van der Waals surface area contributed by atoms with Crippen LogP contribution in [0.5, 0.6) is 5.75 Å². The molecule has 1 spiro atoms. The second kappa shape index (κ2) is 6.48. The van der Waals surface area contributed by atoms with Gasteiger partial charge in [0, 0.05) is 23.4 Å². The Bertz CT molecular complexity index is 915. The zero-order valence-corrected chi connectivity index (χ0v) is 16.6. The van der Waals surface area contributed by atoms with Crippen molar-refractivity contribution in [2.45, 2.75) is 43.9 Å². The number of anilines is 1. The molecule has 1 aromatic heterocycles. The van der Waals surface area contributed by atoms with Crippen molar-refractivity contribution in [1.29, 1.82) is 0 Å². The van der Waals surface area contributed by atoms with Crippen LogP contribution in [0.2, 0.25) is 4.34 Å². The van der Waals surface area contributed by atoms with E-state index in [1.165, 1.54) is 10.4 Å². The van der Waals surface area contributed by atoms with Gasteiger partial charge >= 0.3 is 0 Å². The van der Waals surface area contributed by atoms with Crippen molar-refractivity contribution in [3.63, 3.8) is 0 Å². The molecule has 3 aliphatic rings. The van der Waals surface area contributed by atoms with Crippen LogP contribution in [0.4, 0.5) is 5.69 Å². The molecule has 2 N–H and O–H groups in total. The van der Waals surface area contributed by atoms with Crippen LogP contribution >= 0.6 is 22.9 Å². The Hall–Kier alpha value is -1.60. The molecule has 3 unspecified atom stereocenters. The van der Waals surface area contributed by atoms with Gasteiger partial charge in [0.05, 0.1) is 16.6 Å². The number of hydrogen-bond acceptors (Lipinski definition) is 5. The van der Waals surface area contributed by atoms with Gasteiger partial charge in [0.1, 0.15) is 11.4 Å². The van der Waals surface area contributed by atoms with Gasteiger partial charge in [0.25, 0.3) is 5.91 Å². The van der Waals surface area contributed by atoms with Crippen molar-refractivity contribution in [2.24, 2.45) is 0 Å². The summed E-state index contributed by atoms with van der Waals surface area (Å²) in [5.41, 5.74) is 2.90. The van der Waals surface area contributed by atoms with Crippen molar-refractivity contribution in [3.8, 4) is 5.75 Å². The number of benzene rings is 1. The molecule has 1 aromatic carbocycles. The molecule has 1 amide bonds. The molecule has 1 saturated heterocycles. The zero-order chi connectivity index (χ0) is 18.6. The van der Waals surface area contributed by atoms with Gasteiger partial charge in [-0.15, -0.1) is 11.3 Å². The van der Waals surface area contributed by atoms with Crippen molar-refractivity contribution < 1.29 is 14.3 Å². The third-order valence-corrected chi connectivity index (χ3v) is 7.13. The maximum absolute atomic E-state index is 11.7. The number of halogens is 1. The zero-order valence-electron chi connectivity index (χ0n) is 15.0. The number of ether oxygens (including phenoxy) is 2. The van der Waals surface area contributed by atoms with E-state index in [9.17, 15) is 4.79 Å². The summed E-state index contributed by atoms with van der Waals surface area (Å²) >= 11 is 7.98. The van der Waals surface area contributed by atoms with E-state index in [0.29, 0.717) is 6.04 Å². The molecule has 0 aliphatic carbocycles. The molecule has 2 aromatic rings. The predicted molar refractivity (Wildman–Crippen MR) is 106 cm³/mol. The molecule has 3 atom stereocenters. The second-order valence-corrected chi connectivity index (χ2v) is 9.30. The average molecular weight is 405 g/mol. The molecule has 0 radical (unpaired) electrons. The van der Waals surface area contributed by atoms with Crippen LogP contribution in [-0.2, 0) is 21.6 Å². The first-order valence-electron chi connectivity index (χ1n) is 9.28. The molecule has 4 heterocycles. The third kappa shape index (κ3) is 3.05. The Labute approximate surface area is 167 Å². The first-order chi connectivity index (χ1) is 13.0. The SMILES string of the molecule is CC1CC2(CC(c3ccc4c(c3)NC(=O)CO4)N1)OCCc1cc(Cl)sc12. The highest BCUT2D eigenvalue weighted by molar-refractivity contribution is 7.16. The number of piperidine rings is 1. The largest absolute Gasteiger partial charge is 0.482 e. The van der Waals surface area contributed by atoms with Gasteiger partial charge in [0.15, 0.2) is 6.61 Å². The number of hydrogen-bond donors (Lipinski definition) is 2. The fraction of sp³-hybridized carbons (Fsp3) is 0.450. The lowest BCUT2D eigenvalue weighted by molar-refractivity contribution is -0.118. The fourth-order valence-corrected chi connectivity index (χ4v) is 6.06. The summed E-state index contributed by atoms with van der Waals surface area (Å²) in [6.07, 6.45) is 2.70. The topological polar surface area (TPSA) is 59.6 Å². The number of nitrogens with one attached hydrogen (secondary N) is 2.